The molecule has 0 heterocycles. The number of halogens is 5. The molecule has 0 atom stereocenters. The summed E-state index contributed by atoms with van der Waals surface area (Å²) in [6, 6.07) is 0. The minimum Gasteiger partial charge on any atom is -0.710 e. The minimum atomic E-state index is -4.87. The van der Waals surface area contributed by atoms with Gasteiger partial charge in [-0.05, 0) is 0 Å². The van der Waals surface area contributed by atoms with Crippen molar-refractivity contribution < 1.29 is 31.5 Å². The molecule has 8 heteroatoms. The highest BCUT2D eigenvalue weighted by atomic mass is 32.2. The van der Waals surface area contributed by atoms with Crippen LogP contribution in [0.15, 0.2) is 0 Å². The molecule has 0 aliphatic heterocycles. The van der Waals surface area contributed by atoms with Crippen LogP contribution in [-0.2, 0) is 4.33 Å². The fraction of sp³-hybridized carbons (Fsp3) is 1.00. The molecule has 0 aromatic carbocycles. The van der Waals surface area contributed by atoms with E-state index in [2.05, 4.69) is 4.33 Å². The summed E-state index contributed by atoms with van der Waals surface area (Å²) in [5.41, 5.74) is 0. The SMILES string of the molecule is [O-]OSC(F)(F)C(F)(F)CF. The summed E-state index contributed by atoms with van der Waals surface area (Å²) in [7, 11) is 0. The Balaban J connectivity index is 4.26. The van der Waals surface area contributed by atoms with Crippen LogP contribution in [0.2, 0.25) is 0 Å². The zero-order valence-electron chi connectivity index (χ0n) is 4.82. The second kappa shape index (κ2) is 3.55. The van der Waals surface area contributed by atoms with Crippen molar-refractivity contribution in [1.82, 2.24) is 0 Å². The Morgan fingerprint density at radius 1 is 1.27 bits per heavy atom. The maximum absolute atomic E-state index is 11.9. The Bertz CT molecular complexity index is 129. The maximum atomic E-state index is 11.9. The van der Waals surface area contributed by atoms with Crippen molar-refractivity contribution in [2.75, 3.05) is 6.67 Å². The van der Waals surface area contributed by atoms with Crippen LogP contribution in [0, 0.1) is 0 Å². The Hall–Kier alpha value is -0.0800. The van der Waals surface area contributed by atoms with Gasteiger partial charge in [0, 0.05) is 0 Å². The molecule has 11 heavy (non-hydrogen) atoms. The first-order valence-electron chi connectivity index (χ1n) is 2.16. The molecule has 0 spiro atoms. The van der Waals surface area contributed by atoms with Gasteiger partial charge in [-0.2, -0.15) is 17.6 Å². The number of rotatable bonds is 4. The van der Waals surface area contributed by atoms with Gasteiger partial charge in [-0.25, -0.2) is 4.39 Å². The average molecular weight is 197 g/mol. The summed E-state index contributed by atoms with van der Waals surface area (Å²) < 4.78 is 60.9. The first kappa shape index (κ1) is 10.9. The molecule has 0 saturated heterocycles. The van der Waals surface area contributed by atoms with E-state index in [9.17, 15) is 22.0 Å². The van der Waals surface area contributed by atoms with Gasteiger partial charge in [0.05, 0.1) is 12.0 Å². The van der Waals surface area contributed by atoms with Crippen LogP contribution >= 0.6 is 12.0 Å². The molecule has 2 nitrogen and oxygen atoms in total. The van der Waals surface area contributed by atoms with Gasteiger partial charge in [-0.3, -0.25) is 0 Å². The standard InChI is InChI=1S/C3H3F5O2S/c4-1-2(5,6)3(7,8)11-10-9/h9H,1H2/p-1. The van der Waals surface area contributed by atoms with Crippen LogP contribution in [0.3, 0.4) is 0 Å². The zero-order valence-corrected chi connectivity index (χ0v) is 5.64. The summed E-state index contributed by atoms with van der Waals surface area (Å²) in [4.78, 5) is 0. The van der Waals surface area contributed by atoms with Crippen LogP contribution in [0.5, 0.6) is 0 Å². The first-order chi connectivity index (χ1) is 4.87. The molecule has 0 aliphatic rings. The number of hydrogen-bond donors (Lipinski definition) is 0. The molecule has 0 fully saturated rings. The fourth-order valence-corrected chi connectivity index (χ4v) is 0.443. The largest absolute Gasteiger partial charge is 0.710 e. The molecule has 0 aliphatic carbocycles. The van der Waals surface area contributed by atoms with Gasteiger partial charge in [0.2, 0.25) is 0 Å². The van der Waals surface area contributed by atoms with Crippen LogP contribution in [0.4, 0.5) is 22.0 Å². The van der Waals surface area contributed by atoms with Crippen LogP contribution in [0.25, 0.3) is 0 Å². The van der Waals surface area contributed by atoms with Crippen molar-refractivity contribution in [2.45, 2.75) is 11.2 Å². The zero-order chi connectivity index (χ0) is 9.12. The second-order valence-electron chi connectivity index (χ2n) is 1.51. The van der Waals surface area contributed by atoms with Crippen LogP contribution < -0.4 is 5.26 Å². The van der Waals surface area contributed by atoms with E-state index in [1.165, 1.54) is 0 Å². The predicted octanol–water partition coefficient (Wildman–Crippen LogP) is 1.12. The lowest BCUT2D eigenvalue weighted by molar-refractivity contribution is -0.631. The smallest absolute Gasteiger partial charge is 0.381 e. The van der Waals surface area contributed by atoms with E-state index in [0.717, 1.165) is 0 Å². The van der Waals surface area contributed by atoms with Gasteiger partial charge in [0.15, 0.2) is 6.67 Å². The highest BCUT2D eigenvalue weighted by Crippen LogP contribution is 2.43. The third-order valence-corrected chi connectivity index (χ3v) is 1.31. The molecule has 0 radical (unpaired) electrons. The van der Waals surface area contributed by atoms with Crippen LogP contribution in [-0.4, -0.2) is 17.9 Å². The quantitative estimate of drug-likeness (QED) is 0.293. The van der Waals surface area contributed by atoms with Crippen molar-refractivity contribution in [2.24, 2.45) is 0 Å². The van der Waals surface area contributed by atoms with Gasteiger partial charge in [0.1, 0.15) is 0 Å². The second-order valence-corrected chi connectivity index (χ2v) is 2.32. The predicted molar refractivity (Wildman–Crippen MR) is 24.5 cm³/mol. The number of hydrogen-bond acceptors (Lipinski definition) is 3. The van der Waals surface area contributed by atoms with E-state index in [1.54, 1.807) is 0 Å². The summed E-state index contributed by atoms with van der Waals surface area (Å²) in [5.74, 6) is -4.87. The van der Waals surface area contributed by atoms with Crippen molar-refractivity contribution in [3.05, 3.63) is 0 Å². The van der Waals surface area contributed by atoms with Crippen molar-refractivity contribution in [3.8, 4) is 0 Å². The molecule has 0 saturated carbocycles. The highest BCUT2D eigenvalue weighted by molar-refractivity contribution is 7.95. The molecule has 0 unspecified atom stereocenters. The fourth-order valence-electron chi connectivity index (χ4n) is 0.181. The minimum absolute atomic E-state index is 1.31. The molecule has 0 N–H and O–H groups in total. The van der Waals surface area contributed by atoms with Gasteiger partial charge in [-0.15, -0.1) is 0 Å². The number of alkyl halides is 5. The monoisotopic (exact) mass is 197 g/mol. The van der Waals surface area contributed by atoms with E-state index < -0.39 is 29.9 Å². The summed E-state index contributed by atoms with van der Waals surface area (Å²) in [6.45, 7) is -2.55. The van der Waals surface area contributed by atoms with E-state index in [-0.39, 0.29) is 0 Å². The van der Waals surface area contributed by atoms with E-state index in [4.69, 9.17) is 5.26 Å². The molecule has 0 bridgehead atoms. The molecular weight excluding hydrogens is 195 g/mol. The Morgan fingerprint density at radius 2 is 1.73 bits per heavy atom. The summed E-state index contributed by atoms with van der Waals surface area (Å²) >= 11 is -1.31. The molecule has 0 aromatic rings. The van der Waals surface area contributed by atoms with Crippen molar-refractivity contribution in [1.29, 1.82) is 0 Å². The molecule has 0 amide bonds. The summed E-state index contributed by atoms with van der Waals surface area (Å²) in [5, 5.41) is 4.21. The van der Waals surface area contributed by atoms with Gasteiger partial charge < -0.3 is 9.59 Å². The molecule has 68 valence electrons. The van der Waals surface area contributed by atoms with Crippen molar-refractivity contribution >= 4 is 12.0 Å². The average Bonchev–Trinajstić information content (AvgIpc) is 1.87. The molecular formula is C3H2F5O2S-. The van der Waals surface area contributed by atoms with Gasteiger partial charge in [0.25, 0.3) is 0 Å². The molecule has 0 rings (SSSR count). The molecule has 0 aromatic heterocycles. The lowest BCUT2D eigenvalue weighted by Crippen LogP contribution is -2.40. The highest BCUT2D eigenvalue weighted by Gasteiger charge is 2.57. The topological polar surface area (TPSA) is 32.3 Å². The van der Waals surface area contributed by atoms with Crippen LogP contribution in [0.1, 0.15) is 0 Å². The van der Waals surface area contributed by atoms with E-state index >= 15 is 0 Å². The maximum Gasteiger partial charge on any atom is 0.381 e. The van der Waals surface area contributed by atoms with Gasteiger partial charge in [-0.1, -0.05) is 0 Å². The summed E-state index contributed by atoms with van der Waals surface area (Å²) in [6.07, 6.45) is 0. The first-order valence-corrected chi connectivity index (χ1v) is 2.91. The lowest BCUT2D eigenvalue weighted by Gasteiger charge is -2.23. The van der Waals surface area contributed by atoms with Crippen molar-refractivity contribution in [3.63, 3.8) is 0 Å². The normalized spacial score (nSPS) is 13.6. The Labute approximate surface area is 62.5 Å². The Morgan fingerprint density at radius 3 is 2.00 bits per heavy atom. The van der Waals surface area contributed by atoms with E-state index in [1.807, 2.05) is 0 Å². The van der Waals surface area contributed by atoms with E-state index in [0.29, 0.717) is 0 Å². The third-order valence-electron chi connectivity index (χ3n) is 0.732. The van der Waals surface area contributed by atoms with Gasteiger partial charge >= 0.3 is 11.2 Å². The third kappa shape index (κ3) is 2.46. The lowest BCUT2D eigenvalue weighted by atomic mass is 10.4. The Kier molecular flexibility index (Phi) is 3.52.